The van der Waals surface area contributed by atoms with E-state index in [0.717, 1.165) is 46.6 Å². The van der Waals surface area contributed by atoms with Gasteiger partial charge in [0.15, 0.2) is 0 Å². The summed E-state index contributed by atoms with van der Waals surface area (Å²) in [5, 5.41) is 22.4. The van der Waals surface area contributed by atoms with E-state index >= 15 is 0 Å². The molecule has 2 aromatic carbocycles. The van der Waals surface area contributed by atoms with Crippen LogP contribution in [0.1, 0.15) is 31.9 Å². The van der Waals surface area contributed by atoms with Gasteiger partial charge in [0.2, 0.25) is 0 Å². The normalized spacial score (nSPS) is 11.9. The number of H-pyrrole nitrogens is 2. The number of rotatable bonds is 6. The SMILES string of the molecule is CC(C)(C)SCCNCc1cccc2[nH]c(-c3n[nH]c4cc(C#N)ccc34)cc12. The number of hydrogen-bond donors (Lipinski definition) is 3. The van der Waals surface area contributed by atoms with Crippen molar-refractivity contribution in [2.75, 3.05) is 12.3 Å². The molecule has 0 saturated carbocycles. The third-order valence-electron chi connectivity index (χ3n) is 4.83. The highest BCUT2D eigenvalue weighted by Gasteiger charge is 2.13. The van der Waals surface area contributed by atoms with Crippen molar-refractivity contribution in [3.8, 4) is 17.5 Å². The monoisotopic (exact) mass is 403 g/mol. The molecule has 6 heteroatoms. The topological polar surface area (TPSA) is 80.3 Å². The van der Waals surface area contributed by atoms with Gasteiger partial charge in [-0.3, -0.25) is 5.10 Å². The Labute approximate surface area is 174 Å². The Bertz CT molecular complexity index is 1190. The lowest BCUT2D eigenvalue weighted by Gasteiger charge is -2.17. The van der Waals surface area contributed by atoms with E-state index in [9.17, 15) is 0 Å². The number of thioether (sulfide) groups is 1. The predicted molar refractivity (Wildman–Crippen MR) is 122 cm³/mol. The number of fused-ring (bicyclic) bond motifs is 2. The molecule has 0 aliphatic rings. The second-order valence-electron chi connectivity index (χ2n) is 8.14. The lowest BCUT2D eigenvalue weighted by Crippen LogP contribution is -2.19. The summed E-state index contributed by atoms with van der Waals surface area (Å²) in [5.41, 5.74) is 5.73. The second kappa shape index (κ2) is 7.94. The lowest BCUT2D eigenvalue weighted by atomic mass is 10.1. The van der Waals surface area contributed by atoms with Crippen molar-refractivity contribution in [3.63, 3.8) is 0 Å². The number of nitrogens with zero attached hydrogens (tertiary/aromatic N) is 2. The number of hydrogen-bond acceptors (Lipinski definition) is 4. The minimum atomic E-state index is 0.303. The average Bonchev–Trinajstić information content (AvgIpc) is 3.30. The van der Waals surface area contributed by atoms with Gasteiger partial charge in [0.25, 0.3) is 0 Å². The van der Waals surface area contributed by atoms with Gasteiger partial charge < -0.3 is 10.3 Å². The van der Waals surface area contributed by atoms with Gasteiger partial charge in [0, 0.05) is 39.9 Å². The zero-order valence-electron chi connectivity index (χ0n) is 17.0. The van der Waals surface area contributed by atoms with Gasteiger partial charge in [-0.1, -0.05) is 32.9 Å². The van der Waals surface area contributed by atoms with E-state index in [2.05, 4.69) is 71.6 Å². The van der Waals surface area contributed by atoms with Crippen LogP contribution in [0.4, 0.5) is 0 Å². The molecule has 0 atom stereocenters. The van der Waals surface area contributed by atoms with E-state index in [1.807, 2.05) is 30.0 Å². The minimum Gasteiger partial charge on any atom is -0.353 e. The maximum absolute atomic E-state index is 9.09. The third-order valence-corrected chi connectivity index (χ3v) is 6.11. The summed E-state index contributed by atoms with van der Waals surface area (Å²) >= 11 is 1.98. The van der Waals surface area contributed by atoms with E-state index in [0.29, 0.717) is 10.3 Å². The maximum Gasteiger partial charge on any atom is 0.116 e. The quantitative estimate of drug-likeness (QED) is 0.386. The highest BCUT2D eigenvalue weighted by atomic mass is 32.2. The zero-order chi connectivity index (χ0) is 20.4. The fraction of sp³-hybridized carbons (Fsp3) is 0.304. The molecule has 2 aromatic heterocycles. The summed E-state index contributed by atoms with van der Waals surface area (Å²) in [6.45, 7) is 8.58. The minimum absolute atomic E-state index is 0.303. The number of aromatic amines is 2. The van der Waals surface area contributed by atoms with Gasteiger partial charge in [0.1, 0.15) is 5.69 Å². The molecule has 5 nitrogen and oxygen atoms in total. The molecule has 148 valence electrons. The molecule has 0 spiro atoms. The summed E-state index contributed by atoms with van der Waals surface area (Å²) < 4.78 is 0.303. The molecule has 29 heavy (non-hydrogen) atoms. The van der Waals surface area contributed by atoms with Gasteiger partial charge in [-0.15, -0.1) is 0 Å². The maximum atomic E-state index is 9.09. The molecule has 0 unspecified atom stereocenters. The average molecular weight is 404 g/mol. The largest absolute Gasteiger partial charge is 0.353 e. The zero-order valence-corrected chi connectivity index (χ0v) is 17.8. The number of nitriles is 1. The molecule has 0 saturated heterocycles. The molecule has 2 heterocycles. The van der Waals surface area contributed by atoms with Crippen LogP contribution in [-0.2, 0) is 6.54 Å². The van der Waals surface area contributed by atoms with Gasteiger partial charge in [-0.05, 0) is 35.9 Å². The molecule has 0 radical (unpaired) electrons. The van der Waals surface area contributed by atoms with Gasteiger partial charge in [-0.2, -0.15) is 22.1 Å². The van der Waals surface area contributed by atoms with Crippen molar-refractivity contribution in [1.82, 2.24) is 20.5 Å². The molecular formula is C23H25N5S. The summed E-state index contributed by atoms with van der Waals surface area (Å²) in [6, 6.07) is 16.3. The molecule has 3 N–H and O–H groups in total. The van der Waals surface area contributed by atoms with E-state index < -0.39 is 0 Å². The first kappa shape index (κ1) is 19.6. The number of benzene rings is 2. The Balaban J connectivity index is 1.56. The van der Waals surface area contributed by atoms with Crippen molar-refractivity contribution in [3.05, 3.63) is 53.6 Å². The van der Waals surface area contributed by atoms with E-state index in [1.54, 1.807) is 0 Å². The van der Waals surface area contributed by atoms with Crippen molar-refractivity contribution >= 4 is 33.6 Å². The van der Waals surface area contributed by atoms with Crippen LogP contribution in [0.5, 0.6) is 0 Å². The molecule has 4 rings (SSSR count). The molecule has 0 fully saturated rings. The molecule has 0 aliphatic heterocycles. The summed E-state index contributed by atoms with van der Waals surface area (Å²) in [7, 11) is 0. The number of aromatic nitrogens is 3. The highest BCUT2D eigenvalue weighted by Crippen LogP contribution is 2.30. The molecule has 4 aromatic rings. The van der Waals surface area contributed by atoms with Crippen LogP contribution in [0, 0.1) is 11.3 Å². The predicted octanol–water partition coefficient (Wildman–Crippen LogP) is 5.20. The highest BCUT2D eigenvalue weighted by molar-refractivity contribution is 8.00. The Morgan fingerprint density at radius 1 is 1.10 bits per heavy atom. The number of nitrogens with one attached hydrogen (secondary N) is 3. The first-order chi connectivity index (χ1) is 13.9. The van der Waals surface area contributed by atoms with E-state index in [1.165, 1.54) is 10.9 Å². The van der Waals surface area contributed by atoms with Crippen LogP contribution in [0.15, 0.2) is 42.5 Å². The first-order valence-electron chi connectivity index (χ1n) is 9.78. The fourth-order valence-corrected chi connectivity index (χ4v) is 4.31. The summed E-state index contributed by atoms with van der Waals surface area (Å²) in [4.78, 5) is 3.50. The Hall–Kier alpha value is -2.75. The summed E-state index contributed by atoms with van der Waals surface area (Å²) in [5.74, 6) is 1.10. The van der Waals surface area contributed by atoms with E-state index in [4.69, 9.17) is 5.26 Å². The van der Waals surface area contributed by atoms with Gasteiger partial charge in [-0.25, -0.2) is 0 Å². The van der Waals surface area contributed by atoms with E-state index in [-0.39, 0.29) is 0 Å². The molecule has 0 aliphatic carbocycles. The fourth-order valence-electron chi connectivity index (χ4n) is 3.45. The second-order valence-corrected chi connectivity index (χ2v) is 10.1. The van der Waals surface area contributed by atoms with Crippen LogP contribution >= 0.6 is 11.8 Å². The first-order valence-corrected chi connectivity index (χ1v) is 10.8. The van der Waals surface area contributed by atoms with Crippen LogP contribution in [-0.4, -0.2) is 32.2 Å². The van der Waals surface area contributed by atoms with Crippen LogP contribution in [0.25, 0.3) is 33.2 Å². The smallest absolute Gasteiger partial charge is 0.116 e. The van der Waals surface area contributed by atoms with Crippen LogP contribution < -0.4 is 5.32 Å². The third kappa shape index (κ3) is 4.31. The van der Waals surface area contributed by atoms with Gasteiger partial charge in [0.05, 0.1) is 22.8 Å². The Morgan fingerprint density at radius 2 is 1.97 bits per heavy atom. The van der Waals surface area contributed by atoms with Crippen molar-refractivity contribution < 1.29 is 0 Å². The van der Waals surface area contributed by atoms with Crippen molar-refractivity contribution in [2.24, 2.45) is 0 Å². The lowest BCUT2D eigenvalue weighted by molar-refractivity contribution is 0.729. The molecule has 0 bridgehead atoms. The van der Waals surface area contributed by atoms with Crippen LogP contribution in [0.2, 0.25) is 0 Å². The Kier molecular flexibility index (Phi) is 5.35. The molecular weight excluding hydrogens is 378 g/mol. The summed E-state index contributed by atoms with van der Waals surface area (Å²) in [6.07, 6.45) is 0. The van der Waals surface area contributed by atoms with Gasteiger partial charge >= 0.3 is 0 Å². The van der Waals surface area contributed by atoms with Crippen molar-refractivity contribution in [1.29, 1.82) is 5.26 Å². The van der Waals surface area contributed by atoms with Crippen LogP contribution in [0.3, 0.4) is 0 Å². The van der Waals surface area contributed by atoms with Crippen molar-refractivity contribution in [2.45, 2.75) is 32.1 Å². The molecule has 0 amide bonds. The standard InChI is InChI=1S/C23H25N5S/c1-23(2,3)29-10-9-25-14-16-5-4-6-19-18(16)12-21(26-19)22-17-8-7-15(13-24)11-20(17)27-28-22/h4-8,11-12,25-26H,9-10,14H2,1-3H3,(H,27,28). The Morgan fingerprint density at radius 3 is 2.76 bits per heavy atom.